The number of hydrogen-bond donors (Lipinski definition) is 1. The summed E-state index contributed by atoms with van der Waals surface area (Å²) >= 11 is 0. The largest absolute Gasteiger partial charge is 0.507 e. The first-order chi connectivity index (χ1) is 12.5. The van der Waals surface area contributed by atoms with Crippen molar-refractivity contribution in [3.05, 3.63) is 28.8 Å². The number of carbonyl (C=O) groups is 1. The van der Waals surface area contributed by atoms with Gasteiger partial charge in [0.05, 0.1) is 6.61 Å². The number of benzene rings is 1. The molecule has 0 saturated heterocycles. The number of phenols is 1. The van der Waals surface area contributed by atoms with Gasteiger partial charge < -0.3 is 9.84 Å². The third-order valence-corrected chi connectivity index (χ3v) is 4.93. The SMILES string of the molecule is CCCCCCCCCCCCOC(=O)CCc1cc(C)c(O)c(C)c1. The van der Waals surface area contributed by atoms with Crippen LogP contribution < -0.4 is 0 Å². The van der Waals surface area contributed by atoms with Crippen molar-refractivity contribution in [1.29, 1.82) is 0 Å². The lowest BCUT2D eigenvalue weighted by Crippen LogP contribution is -2.07. The van der Waals surface area contributed by atoms with E-state index in [1.54, 1.807) is 0 Å². The fourth-order valence-corrected chi connectivity index (χ4v) is 3.28. The quantitative estimate of drug-likeness (QED) is 0.307. The van der Waals surface area contributed by atoms with Crippen molar-refractivity contribution in [3.63, 3.8) is 0 Å². The summed E-state index contributed by atoms with van der Waals surface area (Å²) in [4.78, 5) is 11.8. The van der Waals surface area contributed by atoms with E-state index in [1.807, 2.05) is 26.0 Å². The molecule has 0 aliphatic rings. The summed E-state index contributed by atoms with van der Waals surface area (Å²) in [7, 11) is 0. The summed E-state index contributed by atoms with van der Waals surface area (Å²) < 4.78 is 5.33. The Kier molecular flexibility index (Phi) is 11.8. The van der Waals surface area contributed by atoms with Crippen molar-refractivity contribution in [2.45, 2.75) is 97.8 Å². The molecule has 1 rings (SSSR count). The van der Waals surface area contributed by atoms with Crippen LogP contribution in [-0.4, -0.2) is 17.7 Å². The highest BCUT2D eigenvalue weighted by Crippen LogP contribution is 2.23. The maximum Gasteiger partial charge on any atom is 0.306 e. The average Bonchev–Trinajstić information content (AvgIpc) is 2.62. The van der Waals surface area contributed by atoms with Gasteiger partial charge in [-0.2, -0.15) is 0 Å². The molecule has 0 aliphatic carbocycles. The lowest BCUT2D eigenvalue weighted by molar-refractivity contribution is -0.143. The third kappa shape index (κ3) is 9.84. The van der Waals surface area contributed by atoms with Crippen LogP contribution in [0.2, 0.25) is 0 Å². The van der Waals surface area contributed by atoms with E-state index in [1.165, 1.54) is 51.4 Å². The predicted octanol–water partition coefficient (Wildman–Crippen LogP) is 6.41. The zero-order chi connectivity index (χ0) is 19.2. The van der Waals surface area contributed by atoms with E-state index >= 15 is 0 Å². The number of aromatic hydroxyl groups is 1. The van der Waals surface area contributed by atoms with Crippen LogP contribution in [0.1, 0.15) is 94.2 Å². The summed E-state index contributed by atoms with van der Waals surface area (Å²) in [5, 5.41) is 9.79. The Morgan fingerprint density at radius 2 is 1.38 bits per heavy atom. The molecule has 0 aliphatic heterocycles. The number of rotatable bonds is 14. The number of aryl methyl sites for hydroxylation is 3. The van der Waals surface area contributed by atoms with Crippen LogP contribution in [0.4, 0.5) is 0 Å². The number of unbranched alkanes of at least 4 members (excludes halogenated alkanes) is 9. The van der Waals surface area contributed by atoms with Crippen LogP contribution in [-0.2, 0) is 16.0 Å². The van der Waals surface area contributed by atoms with Gasteiger partial charge in [0.15, 0.2) is 0 Å². The first-order valence-electron chi connectivity index (χ1n) is 10.5. The molecule has 26 heavy (non-hydrogen) atoms. The second-order valence-corrected chi connectivity index (χ2v) is 7.48. The zero-order valence-corrected chi connectivity index (χ0v) is 17.1. The Morgan fingerprint density at radius 1 is 0.885 bits per heavy atom. The zero-order valence-electron chi connectivity index (χ0n) is 17.1. The normalized spacial score (nSPS) is 10.9. The number of phenolic OH excluding ortho intramolecular Hbond substituents is 1. The molecule has 0 aromatic heterocycles. The van der Waals surface area contributed by atoms with Crippen LogP contribution in [0, 0.1) is 13.8 Å². The molecule has 1 aromatic carbocycles. The van der Waals surface area contributed by atoms with Gasteiger partial charge in [0.1, 0.15) is 5.75 Å². The van der Waals surface area contributed by atoms with Gasteiger partial charge >= 0.3 is 5.97 Å². The second kappa shape index (κ2) is 13.7. The Hall–Kier alpha value is -1.51. The van der Waals surface area contributed by atoms with E-state index in [0.29, 0.717) is 25.2 Å². The smallest absolute Gasteiger partial charge is 0.306 e. The Labute approximate surface area is 160 Å². The van der Waals surface area contributed by atoms with Gasteiger partial charge in [0.25, 0.3) is 0 Å². The fraction of sp³-hybridized carbons (Fsp3) is 0.696. The van der Waals surface area contributed by atoms with Crippen LogP contribution in [0.3, 0.4) is 0 Å². The summed E-state index contributed by atoms with van der Waals surface area (Å²) in [6.45, 7) is 6.57. The first kappa shape index (κ1) is 22.5. The summed E-state index contributed by atoms with van der Waals surface area (Å²) in [6, 6.07) is 3.88. The van der Waals surface area contributed by atoms with Gasteiger partial charge in [0, 0.05) is 6.42 Å². The minimum Gasteiger partial charge on any atom is -0.507 e. The van der Waals surface area contributed by atoms with Gasteiger partial charge in [-0.3, -0.25) is 4.79 Å². The summed E-state index contributed by atoms with van der Waals surface area (Å²) in [6.07, 6.45) is 13.9. The molecule has 1 N–H and O–H groups in total. The predicted molar refractivity (Wildman–Crippen MR) is 109 cm³/mol. The Balaban J connectivity index is 2.00. The molecule has 0 radical (unpaired) electrons. The van der Waals surface area contributed by atoms with Crippen LogP contribution in [0.25, 0.3) is 0 Å². The highest BCUT2D eigenvalue weighted by molar-refractivity contribution is 5.69. The van der Waals surface area contributed by atoms with Crippen LogP contribution in [0.15, 0.2) is 12.1 Å². The lowest BCUT2D eigenvalue weighted by atomic mass is 10.0. The van der Waals surface area contributed by atoms with Crippen molar-refractivity contribution in [1.82, 2.24) is 0 Å². The van der Waals surface area contributed by atoms with Gasteiger partial charge in [-0.1, -0.05) is 76.8 Å². The van der Waals surface area contributed by atoms with Crippen molar-refractivity contribution >= 4 is 5.97 Å². The Morgan fingerprint density at radius 3 is 1.92 bits per heavy atom. The molecule has 0 saturated carbocycles. The highest BCUT2D eigenvalue weighted by atomic mass is 16.5. The van der Waals surface area contributed by atoms with Crippen LogP contribution in [0.5, 0.6) is 5.75 Å². The topological polar surface area (TPSA) is 46.5 Å². The van der Waals surface area contributed by atoms with Crippen LogP contribution >= 0.6 is 0 Å². The molecule has 0 spiro atoms. The first-order valence-corrected chi connectivity index (χ1v) is 10.5. The van der Waals surface area contributed by atoms with E-state index in [4.69, 9.17) is 4.74 Å². The minimum atomic E-state index is -0.121. The van der Waals surface area contributed by atoms with Gasteiger partial charge in [-0.05, 0) is 43.4 Å². The second-order valence-electron chi connectivity index (χ2n) is 7.48. The van der Waals surface area contributed by atoms with Gasteiger partial charge in [-0.25, -0.2) is 0 Å². The van der Waals surface area contributed by atoms with E-state index < -0.39 is 0 Å². The van der Waals surface area contributed by atoms with E-state index in [2.05, 4.69) is 6.92 Å². The molecule has 0 heterocycles. The Bertz CT molecular complexity index is 499. The molecule has 148 valence electrons. The highest BCUT2D eigenvalue weighted by Gasteiger charge is 2.07. The van der Waals surface area contributed by atoms with E-state index in [0.717, 1.165) is 29.5 Å². The fourth-order valence-electron chi connectivity index (χ4n) is 3.28. The van der Waals surface area contributed by atoms with E-state index in [-0.39, 0.29) is 5.97 Å². The summed E-state index contributed by atoms with van der Waals surface area (Å²) in [5.74, 6) is 0.224. The molecule has 0 amide bonds. The number of carbonyl (C=O) groups excluding carboxylic acids is 1. The van der Waals surface area contributed by atoms with Crippen molar-refractivity contribution in [3.8, 4) is 5.75 Å². The molecular formula is C23H38O3. The monoisotopic (exact) mass is 362 g/mol. The maximum absolute atomic E-state index is 11.8. The molecule has 0 fully saturated rings. The molecular weight excluding hydrogens is 324 g/mol. The van der Waals surface area contributed by atoms with Crippen molar-refractivity contribution < 1.29 is 14.6 Å². The molecule has 3 nitrogen and oxygen atoms in total. The van der Waals surface area contributed by atoms with Crippen molar-refractivity contribution in [2.24, 2.45) is 0 Å². The molecule has 0 atom stereocenters. The minimum absolute atomic E-state index is 0.121. The standard InChI is InChI=1S/C23H38O3/c1-4-5-6-7-8-9-10-11-12-13-16-26-22(24)15-14-21-17-19(2)23(25)20(3)18-21/h17-18,25H,4-16H2,1-3H3. The number of esters is 1. The molecule has 0 bridgehead atoms. The van der Waals surface area contributed by atoms with Gasteiger partial charge in [-0.15, -0.1) is 0 Å². The van der Waals surface area contributed by atoms with Gasteiger partial charge in [0.2, 0.25) is 0 Å². The lowest BCUT2D eigenvalue weighted by Gasteiger charge is -2.08. The molecule has 1 aromatic rings. The van der Waals surface area contributed by atoms with Crippen molar-refractivity contribution in [2.75, 3.05) is 6.61 Å². The molecule has 0 unspecified atom stereocenters. The number of hydrogen-bond acceptors (Lipinski definition) is 3. The maximum atomic E-state index is 11.8. The third-order valence-electron chi connectivity index (χ3n) is 4.93. The molecule has 3 heteroatoms. The average molecular weight is 363 g/mol. The van der Waals surface area contributed by atoms with E-state index in [9.17, 15) is 9.90 Å². The summed E-state index contributed by atoms with van der Waals surface area (Å²) in [5.41, 5.74) is 2.80. The number of ether oxygens (including phenoxy) is 1.